The van der Waals surface area contributed by atoms with Gasteiger partial charge in [0.15, 0.2) is 5.13 Å². The predicted octanol–water partition coefficient (Wildman–Crippen LogP) is 2.92. The molecular formula is C12H11N3O3S. The maximum atomic E-state index is 12.1. The summed E-state index contributed by atoms with van der Waals surface area (Å²) in [6, 6.07) is 5.54. The second-order valence-corrected chi connectivity index (χ2v) is 5.04. The normalized spacial score (nSPS) is 10.2. The monoisotopic (exact) mass is 277 g/mol. The second-order valence-electron chi connectivity index (χ2n) is 4.03. The summed E-state index contributed by atoms with van der Waals surface area (Å²) in [4.78, 5) is 25.8. The van der Waals surface area contributed by atoms with Gasteiger partial charge in [-0.25, -0.2) is 4.98 Å². The first-order chi connectivity index (χ1) is 8.97. The van der Waals surface area contributed by atoms with Crippen LogP contribution in [0.15, 0.2) is 24.4 Å². The molecule has 0 spiro atoms. The lowest BCUT2D eigenvalue weighted by atomic mass is 10.1. The highest BCUT2D eigenvalue weighted by Gasteiger charge is 2.15. The third-order valence-electron chi connectivity index (χ3n) is 2.53. The topological polar surface area (TPSA) is 85.1 Å². The molecular weight excluding hydrogens is 266 g/mol. The molecule has 0 aliphatic rings. The van der Waals surface area contributed by atoms with Crippen molar-refractivity contribution in [1.29, 1.82) is 0 Å². The Hall–Kier alpha value is -2.28. The van der Waals surface area contributed by atoms with Gasteiger partial charge in [0.1, 0.15) is 6.20 Å². The highest BCUT2D eigenvalue weighted by atomic mass is 32.1. The summed E-state index contributed by atoms with van der Waals surface area (Å²) >= 11 is 0.832. The van der Waals surface area contributed by atoms with E-state index in [4.69, 9.17) is 0 Å². The summed E-state index contributed by atoms with van der Waals surface area (Å²) in [5, 5.41) is 13.2. The minimum atomic E-state index is -0.536. The smallest absolute Gasteiger partial charge is 0.298 e. The molecule has 6 nitrogen and oxygen atoms in total. The number of amides is 1. The molecule has 0 saturated heterocycles. The number of hydrogen-bond acceptors (Lipinski definition) is 5. The number of anilines is 1. The van der Waals surface area contributed by atoms with Gasteiger partial charge in [-0.1, -0.05) is 17.7 Å². The molecule has 7 heteroatoms. The van der Waals surface area contributed by atoms with Crippen LogP contribution < -0.4 is 5.32 Å². The van der Waals surface area contributed by atoms with Gasteiger partial charge >= 0.3 is 5.00 Å². The number of carbonyl (C=O) groups is 1. The maximum absolute atomic E-state index is 12.1. The Morgan fingerprint density at radius 3 is 2.79 bits per heavy atom. The number of rotatable bonds is 3. The van der Waals surface area contributed by atoms with E-state index < -0.39 is 4.92 Å². The molecule has 1 heterocycles. The Balaban J connectivity index is 2.20. The summed E-state index contributed by atoms with van der Waals surface area (Å²) < 4.78 is 0. The fourth-order valence-corrected chi connectivity index (χ4v) is 2.18. The summed E-state index contributed by atoms with van der Waals surface area (Å²) in [6.45, 7) is 3.73. The van der Waals surface area contributed by atoms with Gasteiger partial charge in [-0.05, 0) is 36.8 Å². The van der Waals surface area contributed by atoms with Crippen LogP contribution in [-0.4, -0.2) is 15.8 Å². The van der Waals surface area contributed by atoms with Crippen molar-refractivity contribution in [3.63, 3.8) is 0 Å². The van der Waals surface area contributed by atoms with E-state index in [0.29, 0.717) is 5.56 Å². The van der Waals surface area contributed by atoms with Crippen LogP contribution in [0.3, 0.4) is 0 Å². The molecule has 1 aromatic heterocycles. The molecule has 2 aromatic rings. The molecule has 1 N–H and O–H groups in total. The molecule has 0 aliphatic carbocycles. The summed E-state index contributed by atoms with van der Waals surface area (Å²) in [5.41, 5.74) is 2.35. The Morgan fingerprint density at radius 2 is 2.16 bits per heavy atom. The molecule has 0 unspecified atom stereocenters. The number of aromatic nitrogens is 1. The molecule has 1 amide bonds. The zero-order chi connectivity index (χ0) is 14.0. The number of nitro groups is 1. The first-order valence-corrected chi connectivity index (χ1v) is 6.28. The van der Waals surface area contributed by atoms with Crippen molar-refractivity contribution in [3.8, 4) is 0 Å². The molecule has 0 bridgehead atoms. The standard InChI is InChI=1S/C12H11N3O3S/c1-7-3-4-8(2)9(5-7)11(16)14-12-13-6-10(19-12)15(17)18/h3-6H,1-2H3,(H,13,14,16). The van der Waals surface area contributed by atoms with Crippen LogP contribution in [0.5, 0.6) is 0 Å². The number of nitrogens with one attached hydrogen (secondary N) is 1. The molecule has 0 fully saturated rings. The SMILES string of the molecule is Cc1ccc(C)c(C(=O)Nc2ncc([N+](=O)[O-])s2)c1. The largest absolute Gasteiger partial charge is 0.345 e. The van der Waals surface area contributed by atoms with E-state index in [-0.39, 0.29) is 16.0 Å². The maximum Gasteiger partial charge on any atom is 0.345 e. The van der Waals surface area contributed by atoms with Crippen LogP contribution in [0.4, 0.5) is 10.1 Å². The highest BCUT2D eigenvalue weighted by Crippen LogP contribution is 2.25. The van der Waals surface area contributed by atoms with E-state index in [2.05, 4.69) is 10.3 Å². The van der Waals surface area contributed by atoms with Crippen LogP contribution >= 0.6 is 11.3 Å². The summed E-state index contributed by atoms with van der Waals surface area (Å²) in [5.74, 6) is -0.314. The van der Waals surface area contributed by atoms with Gasteiger partial charge in [0.25, 0.3) is 5.91 Å². The van der Waals surface area contributed by atoms with Crippen molar-refractivity contribution in [3.05, 3.63) is 51.2 Å². The van der Waals surface area contributed by atoms with E-state index in [9.17, 15) is 14.9 Å². The summed E-state index contributed by atoms with van der Waals surface area (Å²) in [6.07, 6.45) is 1.13. The van der Waals surface area contributed by atoms with Crippen molar-refractivity contribution >= 4 is 27.4 Å². The molecule has 19 heavy (non-hydrogen) atoms. The van der Waals surface area contributed by atoms with E-state index >= 15 is 0 Å². The van der Waals surface area contributed by atoms with Gasteiger partial charge in [0, 0.05) is 5.56 Å². The van der Waals surface area contributed by atoms with Gasteiger partial charge in [-0.15, -0.1) is 0 Å². The highest BCUT2D eigenvalue weighted by molar-refractivity contribution is 7.18. The van der Waals surface area contributed by atoms with Crippen LogP contribution in [0.1, 0.15) is 21.5 Å². The van der Waals surface area contributed by atoms with Crippen LogP contribution in [0.2, 0.25) is 0 Å². The van der Waals surface area contributed by atoms with Gasteiger partial charge in [0.2, 0.25) is 0 Å². The van der Waals surface area contributed by atoms with Crippen molar-refractivity contribution in [2.24, 2.45) is 0 Å². The van der Waals surface area contributed by atoms with Gasteiger partial charge in [0.05, 0.1) is 4.92 Å². The third-order valence-corrected chi connectivity index (χ3v) is 3.40. The van der Waals surface area contributed by atoms with Crippen LogP contribution in [-0.2, 0) is 0 Å². The fourth-order valence-electron chi connectivity index (χ4n) is 1.55. The van der Waals surface area contributed by atoms with E-state index in [1.165, 1.54) is 0 Å². The Kier molecular flexibility index (Phi) is 3.57. The van der Waals surface area contributed by atoms with Gasteiger partial charge < -0.3 is 0 Å². The van der Waals surface area contributed by atoms with Gasteiger partial charge in [-0.3, -0.25) is 20.2 Å². The van der Waals surface area contributed by atoms with Crippen molar-refractivity contribution in [2.75, 3.05) is 5.32 Å². The summed E-state index contributed by atoms with van der Waals surface area (Å²) in [7, 11) is 0. The lowest BCUT2D eigenvalue weighted by Gasteiger charge is -2.06. The molecule has 0 saturated carbocycles. The minimum absolute atomic E-state index is 0.101. The van der Waals surface area contributed by atoms with Crippen molar-refractivity contribution < 1.29 is 9.72 Å². The van der Waals surface area contributed by atoms with E-state index in [1.807, 2.05) is 26.0 Å². The number of benzene rings is 1. The molecule has 2 rings (SSSR count). The second kappa shape index (κ2) is 5.15. The number of nitrogens with zero attached hydrogens (tertiary/aromatic N) is 2. The molecule has 1 aromatic carbocycles. The zero-order valence-electron chi connectivity index (χ0n) is 10.3. The molecule has 0 radical (unpaired) electrons. The fraction of sp³-hybridized carbons (Fsp3) is 0.167. The molecule has 0 aliphatic heterocycles. The predicted molar refractivity (Wildman–Crippen MR) is 72.6 cm³/mol. The average Bonchev–Trinajstić information content (AvgIpc) is 2.80. The van der Waals surface area contributed by atoms with Crippen LogP contribution in [0, 0.1) is 24.0 Å². The first-order valence-electron chi connectivity index (χ1n) is 5.46. The number of thiazole rings is 1. The molecule has 98 valence electrons. The zero-order valence-corrected chi connectivity index (χ0v) is 11.2. The van der Waals surface area contributed by atoms with E-state index in [0.717, 1.165) is 28.7 Å². The van der Waals surface area contributed by atoms with Crippen LogP contribution in [0.25, 0.3) is 0 Å². The number of aryl methyl sites for hydroxylation is 2. The third kappa shape index (κ3) is 2.94. The lowest BCUT2D eigenvalue weighted by molar-refractivity contribution is -0.380. The lowest BCUT2D eigenvalue weighted by Crippen LogP contribution is -2.13. The van der Waals surface area contributed by atoms with Crippen molar-refractivity contribution in [1.82, 2.24) is 4.98 Å². The Morgan fingerprint density at radius 1 is 1.42 bits per heavy atom. The first kappa shape index (κ1) is 13.2. The van der Waals surface area contributed by atoms with Crippen molar-refractivity contribution in [2.45, 2.75) is 13.8 Å². The van der Waals surface area contributed by atoms with Gasteiger partial charge in [-0.2, -0.15) is 0 Å². The Labute approximate surface area is 113 Å². The minimum Gasteiger partial charge on any atom is -0.298 e. The number of hydrogen-bond donors (Lipinski definition) is 1. The molecule has 0 atom stereocenters. The van der Waals surface area contributed by atoms with E-state index in [1.54, 1.807) is 6.07 Å². The quantitative estimate of drug-likeness (QED) is 0.690. The Bertz CT molecular complexity index is 651. The number of carbonyl (C=O) groups excluding carboxylic acids is 1. The average molecular weight is 277 g/mol.